The first-order valence-electron chi connectivity index (χ1n) is 3.50. The summed E-state index contributed by atoms with van der Waals surface area (Å²) in [6, 6.07) is 5.13. The summed E-state index contributed by atoms with van der Waals surface area (Å²) in [5, 5.41) is 11.3. The molecule has 0 aliphatic rings. The molecule has 1 aromatic rings. The topological polar surface area (TPSA) is 36.7 Å². The van der Waals surface area contributed by atoms with E-state index in [2.05, 4.69) is 0 Å². The zero-order valence-corrected chi connectivity index (χ0v) is 7.68. The molecule has 3 nitrogen and oxygen atoms in total. The van der Waals surface area contributed by atoms with Crippen LogP contribution in [0.1, 0.15) is 0 Å². The fourth-order valence-corrected chi connectivity index (χ4v) is 1.28. The quantitative estimate of drug-likeness (QED) is 0.702. The second-order valence-electron chi connectivity index (χ2n) is 2.38. The van der Waals surface area contributed by atoms with Crippen molar-refractivity contribution < 1.29 is 9.80 Å². The SMILES string of the molecule is COc1cccc([NH+](C)[O-])c1Cl. The molecule has 0 saturated heterocycles. The third kappa shape index (κ3) is 1.69. The number of rotatable bonds is 2. The van der Waals surface area contributed by atoms with Crippen LogP contribution in [0.15, 0.2) is 18.2 Å². The molecule has 0 aromatic heterocycles. The second kappa shape index (κ2) is 3.76. The summed E-state index contributed by atoms with van der Waals surface area (Å²) in [5.41, 5.74) is 0.496. The predicted molar refractivity (Wildman–Crippen MR) is 47.9 cm³/mol. The van der Waals surface area contributed by atoms with Crippen LogP contribution in [0.5, 0.6) is 5.75 Å². The molecule has 66 valence electrons. The van der Waals surface area contributed by atoms with Gasteiger partial charge in [0.25, 0.3) is 0 Å². The first-order chi connectivity index (χ1) is 5.66. The van der Waals surface area contributed by atoms with E-state index in [1.807, 2.05) is 0 Å². The highest BCUT2D eigenvalue weighted by Crippen LogP contribution is 2.28. The van der Waals surface area contributed by atoms with Gasteiger partial charge < -0.3 is 15.0 Å². The first-order valence-corrected chi connectivity index (χ1v) is 3.88. The Morgan fingerprint density at radius 3 is 2.67 bits per heavy atom. The number of ether oxygens (including phenoxy) is 1. The van der Waals surface area contributed by atoms with Crippen LogP contribution in [0.25, 0.3) is 0 Å². The van der Waals surface area contributed by atoms with Gasteiger partial charge >= 0.3 is 0 Å². The monoisotopic (exact) mass is 187 g/mol. The number of hydroxylamine groups is 1. The van der Waals surface area contributed by atoms with Gasteiger partial charge in [0.1, 0.15) is 10.8 Å². The average Bonchev–Trinajstić information content (AvgIpc) is 2.04. The Balaban J connectivity index is 3.14. The van der Waals surface area contributed by atoms with Crippen molar-refractivity contribution in [2.75, 3.05) is 14.2 Å². The molecule has 0 radical (unpaired) electrons. The van der Waals surface area contributed by atoms with Crippen LogP contribution in [-0.4, -0.2) is 14.2 Å². The molecule has 0 aliphatic carbocycles. The fourth-order valence-electron chi connectivity index (χ4n) is 0.940. The molecule has 4 heteroatoms. The van der Waals surface area contributed by atoms with Crippen molar-refractivity contribution >= 4 is 17.3 Å². The summed E-state index contributed by atoms with van der Waals surface area (Å²) in [4.78, 5) is 0. The Labute approximate surface area is 76.1 Å². The molecule has 0 bridgehead atoms. The van der Waals surface area contributed by atoms with Crippen LogP contribution in [0.3, 0.4) is 0 Å². The maximum Gasteiger partial charge on any atom is 0.153 e. The highest BCUT2D eigenvalue weighted by molar-refractivity contribution is 6.34. The van der Waals surface area contributed by atoms with E-state index in [0.717, 1.165) is 0 Å². The summed E-state index contributed by atoms with van der Waals surface area (Å²) in [5.74, 6) is 0.532. The Hall–Kier alpha value is -0.770. The Morgan fingerprint density at radius 1 is 1.50 bits per heavy atom. The van der Waals surface area contributed by atoms with Crippen molar-refractivity contribution in [1.82, 2.24) is 0 Å². The van der Waals surface area contributed by atoms with Crippen LogP contribution in [0.2, 0.25) is 5.02 Å². The van der Waals surface area contributed by atoms with Crippen molar-refractivity contribution in [2.45, 2.75) is 0 Å². The number of benzene rings is 1. The van der Waals surface area contributed by atoms with Crippen molar-refractivity contribution in [3.63, 3.8) is 0 Å². The molecule has 1 unspecified atom stereocenters. The molecular formula is C8H10ClNO2. The van der Waals surface area contributed by atoms with E-state index in [-0.39, 0.29) is 5.06 Å². The third-order valence-corrected chi connectivity index (χ3v) is 1.95. The number of nitrogens with one attached hydrogen (secondary N) is 1. The maximum absolute atomic E-state index is 11.0. The molecule has 1 rings (SSSR count). The van der Waals surface area contributed by atoms with E-state index >= 15 is 0 Å². The van der Waals surface area contributed by atoms with Crippen LogP contribution >= 0.6 is 11.6 Å². The number of quaternary nitrogens is 1. The van der Waals surface area contributed by atoms with E-state index in [0.29, 0.717) is 16.5 Å². The second-order valence-corrected chi connectivity index (χ2v) is 2.76. The van der Waals surface area contributed by atoms with Crippen LogP contribution in [0, 0.1) is 5.21 Å². The molecule has 0 heterocycles. The van der Waals surface area contributed by atoms with Crippen molar-refractivity contribution in [2.24, 2.45) is 0 Å². The van der Waals surface area contributed by atoms with E-state index in [4.69, 9.17) is 16.3 Å². The summed E-state index contributed by atoms with van der Waals surface area (Å²) < 4.78 is 4.95. The van der Waals surface area contributed by atoms with Gasteiger partial charge in [-0.3, -0.25) is 0 Å². The standard InChI is InChI=1S/C8H10ClNO2/c1-10(11)6-4-3-5-7(12-2)8(6)9/h3-5,10H,1-2H3. The Kier molecular flexibility index (Phi) is 2.92. The van der Waals surface area contributed by atoms with Gasteiger partial charge in [0, 0.05) is 6.07 Å². The lowest BCUT2D eigenvalue weighted by molar-refractivity contribution is -0.751. The van der Waals surface area contributed by atoms with Gasteiger partial charge in [-0.2, -0.15) is 0 Å². The smallest absolute Gasteiger partial charge is 0.153 e. The number of methoxy groups -OCH3 is 1. The van der Waals surface area contributed by atoms with Gasteiger partial charge in [-0.25, -0.2) is 0 Å². The number of hydrogen-bond donors (Lipinski definition) is 1. The van der Waals surface area contributed by atoms with E-state index in [9.17, 15) is 5.21 Å². The van der Waals surface area contributed by atoms with Crippen LogP contribution < -0.4 is 9.80 Å². The molecule has 0 saturated carbocycles. The first kappa shape index (κ1) is 9.32. The normalized spacial score (nSPS) is 12.7. The van der Waals surface area contributed by atoms with Crippen LogP contribution in [0.4, 0.5) is 5.69 Å². The highest BCUT2D eigenvalue weighted by Gasteiger charge is 2.09. The molecule has 0 amide bonds. The van der Waals surface area contributed by atoms with E-state index in [1.165, 1.54) is 14.2 Å². The zero-order chi connectivity index (χ0) is 9.14. The summed E-state index contributed by atoms with van der Waals surface area (Å²) in [7, 11) is 2.99. The number of hydrogen-bond acceptors (Lipinski definition) is 2. The van der Waals surface area contributed by atoms with E-state index in [1.54, 1.807) is 18.2 Å². The molecule has 1 N–H and O–H groups in total. The fraction of sp³-hybridized carbons (Fsp3) is 0.250. The molecule has 1 aromatic carbocycles. The summed E-state index contributed by atoms with van der Waals surface area (Å²) >= 11 is 5.86. The van der Waals surface area contributed by atoms with Crippen LogP contribution in [-0.2, 0) is 0 Å². The third-order valence-electron chi connectivity index (χ3n) is 1.56. The maximum atomic E-state index is 11.0. The van der Waals surface area contributed by atoms with Crippen molar-refractivity contribution in [1.29, 1.82) is 0 Å². The molecule has 1 atom stereocenters. The van der Waals surface area contributed by atoms with Gasteiger partial charge in [-0.05, 0) is 6.07 Å². The molecule has 12 heavy (non-hydrogen) atoms. The molecular weight excluding hydrogens is 178 g/mol. The minimum Gasteiger partial charge on any atom is -0.629 e. The molecule has 0 spiro atoms. The van der Waals surface area contributed by atoms with Crippen molar-refractivity contribution in [3.05, 3.63) is 28.4 Å². The van der Waals surface area contributed by atoms with Crippen molar-refractivity contribution in [3.8, 4) is 5.75 Å². The minimum atomic E-state index is -0.0566. The molecule has 0 fully saturated rings. The van der Waals surface area contributed by atoms with Gasteiger partial charge in [0.05, 0.1) is 14.2 Å². The summed E-state index contributed by atoms with van der Waals surface area (Å²) in [6.07, 6.45) is 0. The van der Waals surface area contributed by atoms with Gasteiger partial charge in [0.2, 0.25) is 0 Å². The van der Waals surface area contributed by atoms with Gasteiger partial charge in [-0.1, -0.05) is 17.7 Å². The lowest BCUT2D eigenvalue weighted by atomic mass is 10.3. The highest BCUT2D eigenvalue weighted by atomic mass is 35.5. The lowest BCUT2D eigenvalue weighted by Gasteiger charge is -2.17. The lowest BCUT2D eigenvalue weighted by Crippen LogP contribution is -2.98. The predicted octanol–water partition coefficient (Wildman–Crippen LogP) is 0.993. The Morgan fingerprint density at radius 2 is 2.17 bits per heavy atom. The Bertz CT molecular complexity index is 276. The van der Waals surface area contributed by atoms with E-state index < -0.39 is 0 Å². The number of halogens is 1. The minimum absolute atomic E-state index is 0.0566. The largest absolute Gasteiger partial charge is 0.629 e. The van der Waals surface area contributed by atoms with Gasteiger partial charge in [0.15, 0.2) is 5.69 Å². The zero-order valence-electron chi connectivity index (χ0n) is 6.93. The molecule has 0 aliphatic heterocycles. The summed E-state index contributed by atoms with van der Waals surface area (Å²) in [6.45, 7) is 0. The average molecular weight is 188 g/mol. The van der Waals surface area contributed by atoms with Gasteiger partial charge in [-0.15, -0.1) is 0 Å².